The van der Waals surface area contributed by atoms with Gasteiger partial charge in [0, 0.05) is 25.9 Å². The van der Waals surface area contributed by atoms with E-state index in [9.17, 15) is 4.79 Å². The first-order valence-corrected chi connectivity index (χ1v) is 5.86. The lowest BCUT2D eigenvalue weighted by atomic mass is 9.98. The lowest BCUT2D eigenvalue weighted by Gasteiger charge is -2.31. The van der Waals surface area contributed by atoms with Crippen molar-refractivity contribution in [3.8, 4) is 0 Å². The molecule has 1 aliphatic rings. The number of aliphatic hydroxyl groups excluding tert-OH is 1. The molecule has 0 radical (unpaired) electrons. The normalized spacial score (nSPS) is 16.9. The maximum atomic E-state index is 11.9. The highest BCUT2D eigenvalue weighted by atomic mass is 16.3. The third-order valence-electron chi connectivity index (χ3n) is 3.07. The SMILES string of the molecule is O=C(Nc1cccnc1)N1CCC(CO)CC1. The minimum absolute atomic E-state index is 0.0885. The minimum Gasteiger partial charge on any atom is -0.396 e. The molecule has 2 rings (SSSR count). The lowest BCUT2D eigenvalue weighted by molar-refractivity contribution is 0.143. The van der Waals surface area contributed by atoms with Crippen LogP contribution in [-0.4, -0.2) is 40.7 Å². The summed E-state index contributed by atoms with van der Waals surface area (Å²) < 4.78 is 0. The van der Waals surface area contributed by atoms with Gasteiger partial charge in [0.2, 0.25) is 0 Å². The summed E-state index contributed by atoms with van der Waals surface area (Å²) in [5.74, 6) is 0.345. The van der Waals surface area contributed by atoms with Gasteiger partial charge < -0.3 is 15.3 Å². The van der Waals surface area contributed by atoms with Gasteiger partial charge in [0.15, 0.2) is 0 Å². The van der Waals surface area contributed by atoms with Crippen molar-refractivity contribution in [1.82, 2.24) is 9.88 Å². The fourth-order valence-electron chi connectivity index (χ4n) is 1.96. The number of hydrogen-bond acceptors (Lipinski definition) is 3. The van der Waals surface area contributed by atoms with E-state index in [-0.39, 0.29) is 12.6 Å². The molecular weight excluding hydrogens is 218 g/mol. The van der Waals surface area contributed by atoms with Crippen LogP contribution in [0, 0.1) is 5.92 Å². The number of likely N-dealkylation sites (tertiary alicyclic amines) is 1. The number of carbonyl (C=O) groups excluding carboxylic acids is 1. The van der Waals surface area contributed by atoms with Gasteiger partial charge in [-0.15, -0.1) is 0 Å². The molecular formula is C12H17N3O2. The summed E-state index contributed by atoms with van der Waals surface area (Å²) in [6, 6.07) is 3.51. The Bertz CT molecular complexity index is 361. The molecule has 5 nitrogen and oxygen atoms in total. The fourth-order valence-corrected chi connectivity index (χ4v) is 1.96. The van der Waals surface area contributed by atoms with Crippen LogP contribution in [0.3, 0.4) is 0 Å². The molecule has 2 heterocycles. The number of nitrogens with zero attached hydrogens (tertiary/aromatic N) is 2. The molecule has 1 saturated heterocycles. The van der Waals surface area contributed by atoms with Crippen molar-refractivity contribution in [3.63, 3.8) is 0 Å². The van der Waals surface area contributed by atoms with Crippen molar-refractivity contribution in [2.24, 2.45) is 5.92 Å². The van der Waals surface area contributed by atoms with Gasteiger partial charge in [0.1, 0.15) is 0 Å². The molecule has 0 aliphatic carbocycles. The molecule has 2 amide bonds. The van der Waals surface area contributed by atoms with E-state index in [1.54, 1.807) is 23.4 Å². The van der Waals surface area contributed by atoms with Crippen molar-refractivity contribution in [3.05, 3.63) is 24.5 Å². The Hall–Kier alpha value is -1.62. The first-order valence-electron chi connectivity index (χ1n) is 5.86. The molecule has 5 heteroatoms. The van der Waals surface area contributed by atoms with Crippen LogP contribution in [0.25, 0.3) is 0 Å². The number of aromatic nitrogens is 1. The van der Waals surface area contributed by atoms with E-state index in [4.69, 9.17) is 5.11 Å². The van der Waals surface area contributed by atoms with Gasteiger partial charge in [-0.2, -0.15) is 0 Å². The summed E-state index contributed by atoms with van der Waals surface area (Å²) >= 11 is 0. The molecule has 0 bridgehead atoms. The number of urea groups is 1. The van der Waals surface area contributed by atoms with Crippen LogP contribution >= 0.6 is 0 Å². The Morgan fingerprint density at radius 2 is 2.29 bits per heavy atom. The topological polar surface area (TPSA) is 65.5 Å². The number of nitrogens with one attached hydrogen (secondary N) is 1. The van der Waals surface area contributed by atoms with Crippen LogP contribution in [-0.2, 0) is 0 Å². The van der Waals surface area contributed by atoms with Gasteiger partial charge in [0.05, 0.1) is 11.9 Å². The van der Waals surface area contributed by atoms with E-state index >= 15 is 0 Å². The third-order valence-corrected chi connectivity index (χ3v) is 3.07. The number of aliphatic hydroxyl groups is 1. The smallest absolute Gasteiger partial charge is 0.321 e. The Labute approximate surface area is 100 Å². The Kier molecular flexibility index (Phi) is 3.93. The van der Waals surface area contributed by atoms with Gasteiger partial charge in [-0.3, -0.25) is 4.98 Å². The van der Waals surface area contributed by atoms with Crippen LogP contribution in [0.15, 0.2) is 24.5 Å². The molecule has 0 spiro atoms. The second kappa shape index (κ2) is 5.63. The lowest BCUT2D eigenvalue weighted by Crippen LogP contribution is -2.41. The molecule has 92 valence electrons. The third kappa shape index (κ3) is 3.17. The van der Waals surface area contributed by atoms with Crippen LogP contribution in [0.4, 0.5) is 10.5 Å². The number of hydrogen-bond donors (Lipinski definition) is 2. The monoisotopic (exact) mass is 235 g/mol. The van der Waals surface area contributed by atoms with E-state index in [2.05, 4.69) is 10.3 Å². The highest BCUT2D eigenvalue weighted by Gasteiger charge is 2.22. The maximum absolute atomic E-state index is 11.9. The van der Waals surface area contributed by atoms with Gasteiger partial charge in [-0.05, 0) is 30.9 Å². The van der Waals surface area contributed by atoms with Gasteiger partial charge in [-0.1, -0.05) is 0 Å². The minimum atomic E-state index is -0.0885. The molecule has 2 N–H and O–H groups in total. The van der Waals surface area contributed by atoms with E-state index in [0.717, 1.165) is 12.8 Å². The van der Waals surface area contributed by atoms with Gasteiger partial charge in [0.25, 0.3) is 0 Å². The summed E-state index contributed by atoms with van der Waals surface area (Å²) in [5, 5.41) is 11.8. The summed E-state index contributed by atoms with van der Waals surface area (Å²) in [6.07, 6.45) is 5.04. The van der Waals surface area contributed by atoms with E-state index in [1.807, 2.05) is 6.07 Å². The molecule has 0 saturated carbocycles. The van der Waals surface area contributed by atoms with Gasteiger partial charge >= 0.3 is 6.03 Å². The van der Waals surface area contributed by atoms with Crippen molar-refractivity contribution >= 4 is 11.7 Å². The molecule has 1 aromatic heterocycles. The van der Waals surface area contributed by atoms with Crippen LogP contribution in [0.1, 0.15) is 12.8 Å². The molecule has 17 heavy (non-hydrogen) atoms. The molecule has 1 aliphatic heterocycles. The number of amides is 2. The summed E-state index contributed by atoms with van der Waals surface area (Å²) in [4.78, 5) is 17.6. The Morgan fingerprint density at radius 3 is 2.88 bits per heavy atom. The van der Waals surface area contributed by atoms with Crippen molar-refractivity contribution in [1.29, 1.82) is 0 Å². The number of piperidine rings is 1. The highest BCUT2D eigenvalue weighted by molar-refractivity contribution is 5.89. The van der Waals surface area contributed by atoms with Crippen LogP contribution in [0.2, 0.25) is 0 Å². The van der Waals surface area contributed by atoms with Gasteiger partial charge in [-0.25, -0.2) is 4.79 Å². The zero-order valence-corrected chi connectivity index (χ0v) is 9.67. The zero-order chi connectivity index (χ0) is 12.1. The van der Waals surface area contributed by atoms with Crippen molar-refractivity contribution in [2.45, 2.75) is 12.8 Å². The van der Waals surface area contributed by atoms with Crippen molar-refractivity contribution in [2.75, 3.05) is 25.0 Å². The average Bonchev–Trinajstić information content (AvgIpc) is 2.40. The maximum Gasteiger partial charge on any atom is 0.321 e. The van der Waals surface area contributed by atoms with Crippen LogP contribution < -0.4 is 5.32 Å². The summed E-state index contributed by atoms with van der Waals surface area (Å²) in [7, 11) is 0. The predicted molar refractivity (Wildman–Crippen MR) is 64.6 cm³/mol. The molecule has 1 aromatic rings. The summed E-state index contributed by atoms with van der Waals surface area (Å²) in [5.41, 5.74) is 0.710. The van der Waals surface area contributed by atoms with Crippen LogP contribution in [0.5, 0.6) is 0 Å². The number of anilines is 1. The predicted octanol–water partition coefficient (Wildman–Crippen LogP) is 1.32. The summed E-state index contributed by atoms with van der Waals surface area (Å²) in [6.45, 7) is 1.63. The number of pyridine rings is 1. The number of rotatable bonds is 2. The average molecular weight is 235 g/mol. The Morgan fingerprint density at radius 1 is 1.53 bits per heavy atom. The van der Waals surface area contributed by atoms with Crippen molar-refractivity contribution < 1.29 is 9.90 Å². The molecule has 0 aromatic carbocycles. The largest absolute Gasteiger partial charge is 0.396 e. The standard InChI is InChI=1S/C12H17N3O2/c16-9-10-3-6-15(7-4-10)12(17)14-11-2-1-5-13-8-11/h1-2,5,8,10,16H,3-4,6-7,9H2,(H,14,17). The second-order valence-electron chi connectivity index (χ2n) is 4.28. The second-order valence-corrected chi connectivity index (χ2v) is 4.28. The Balaban J connectivity index is 1.85. The number of carbonyl (C=O) groups is 1. The quantitative estimate of drug-likeness (QED) is 0.812. The first-order chi connectivity index (χ1) is 8.29. The van der Waals surface area contributed by atoms with E-state index in [1.165, 1.54) is 0 Å². The zero-order valence-electron chi connectivity index (χ0n) is 9.67. The fraction of sp³-hybridized carbons (Fsp3) is 0.500. The highest BCUT2D eigenvalue weighted by Crippen LogP contribution is 2.17. The molecule has 0 atom stereocenters. The first kappa shape index (κ1) is 11.9. The van der Waals surface area contributed by atoms with E-state index in [0.29, 0.717) is 24.7 Å². The van der Waals surface area contributed by atoms with E-state index < -0.39 is 0 Å². The molecule has 0 unspecified atom stereocenters. The molecule has 1 fully saturated rings.